The number of aromatic hydroxyl groups is 2. The van der Waals surface area contributed by atoms with Crippen LogP contribution < -0.4 is 30.9 Å². The van der Waals surface area contributed by atoms with E-state index in [1.54, 1.807) is 12.1 Å². The zero-order chi connectivity index (χ0) is 17.6. The molecule has 0 atom stereocenters. The number of ether oxygens (including phenoxy) is 2. The van der Waals surface area contributed by atoms with Crippen molar-refractivity contribution in [1.29, 1.82) is 0 Å². The Hall–Kier alpha value is -2.73. The van der Waals surface area contributed by atoms with Gasteiger partial charge in [-0.3, -0.25) is 0 Å². The minimum absolute atomic E-state index is 0. The summed E-state index contributed by atoms with van der Waals surface area (Å²) in [6, 6.07) is 11.1. The number of nitrogens with zero attached hydrogens (tertiary/aromatic N) is 1. The van der Waals surface area contributed by atoms with E-state index in [1.807, 2.05) is 48.0 Å². The molecule has 2 N–H and O–H groups in total. The Morgan fingerprint density at radius 3 is 2.46 bits per heavy atom. The van der Waals surface area contributed by atoms with E-state index in [0.717, 1.165) is 21.7 Å². The van der Waals surface area contributed by atoms with Gasteiger partial charge in [-0.2, -0.15) is 4.40 Å². The summed E-state index contributed by atoms with van der Waals surface area (Å²) in [4.78, 5) is 0. The summed E-state index contributed by atoms with van der Waals surface area (Å²) in [6.07, 6.45) is 3.78. The second-order valence-corrected chi connectivity index (χ2v) is 5.84. The molecule has 2 aromatic heterocycles. The number of pyridine rings is 2. The Morgan fingerprint density at radius 1 is 0.962 bits per heavy atom. The number of hydrogen-bond acceptors (Lipinski definition) is 4. The number of halogens is 1. The van der Waals surface area contributed by atoms with Crippen LogP contribution in [0.2, 0.25) is 0 Å². The summed E-state index contributed by atoms with van der Waals surface area (Å²) < 4.78 is 12.6. The van der Waals surface area contributed by atoms with Crippen molar-refractivity contribution in [1.82, 2.24) is 0 Å². The molecule has 0 bridgehead atoms. The van der Waals surface area contributed by atoms with Crippen LogP contribution in [-0.4, -0.2) is 23.9 Å². The monoisotopic (exact) mass is 415 g/mol. The summed E-state index contributed by atoms with van der Waals surface area (Å²) in [5.41, 5.74) is 0.923. The van der Waals surface area contributed by atoms with E-state index in [1.165, 1.54) is 7.11 Å². The first kappa shape index (κ1) is 18.1. The normalized spacial score (nSPS) is 10.8. The minimum atomic E-state index is 0. The van der Waals surface area contributed by atoms with Gasteiger partial charge in [-0.1, -0.05) is 0 Å². The van der Waals surface area contributed by atoms with Gasteiger partial charge in [0.25, 0.3) is 0 Å². The first-order valence-electron chi connectivity index (χ1n) is 8.05. The molecule has 0 saturated heterocycles. The summed E-state index contributed by atoms with van der Waals surface area (Å²) in [6.45, 7) is 2.37. The van der Waals surface area contributed by atoms with E-state index in [-0.39, 0.29) is 28.5 Å². The average Bonchev–Trinajstić information content (AvgIpc) is 2.62. The molecule has 0 fully saturated rings. The van der Waals surface area contributed by atoms with E-state index >= 15 is 0 Å². The predicted molar refractivity (Wildman–Crippen MR) is 95.7 cm³/mol. The molecule has 0 radical (unpaired) electrons. The molecule has 0 amide bonds. The topological polar surface area (TPSA) is 63.0 Å². The highest BCUT2D eigenvalue weighted by Crippen LogP contribution is 2.36. The van der Waals surface area contributed by atoms with Crippen LogP contribution in [0, 0.1) is 0 Å². The Labute approximate surface area is 160 Å². The third-order valence-corrected chi connectivity index (χ3v) is 4.39. The van der Waals surface area contributed by atoms with Crippen LogP contribution in [0.1, 0.15) is 6.92 Å². The molecule has 134 valence electrons. The van der Waals surface area contributed by atoms with Crippen molar-refractivity contribution < 1.29 is 41.1 Å². The van der Waals surface area contributed by atoms with Gasteiger partial charge in [-0.25, -0.2) is 0 Å². The molecule has 5 nitrogen and oxygen atoms in total. The number of phenolic OH excluding ortho intramolecular Hbond substituents is 2. The van der Waals surface area contributed by atoms with Crippen molar-refractivity contribution in [2.45, 2.75) is 6.92 Å². The van der Waals surface area contributed by atoms with Crippen LogP contribution in [0.3, 0.4) is 0 Å². The quantitative estimate of drug-likeness (QED) is 0.291. The van der Waals surface area contributed by atoms with Crippen LogP contribution in [0.4, 0.5) is 0 Å². The minimum Gasteiger partial charge on any atom is -1.00 e. The highest BCUT2D eigenvalue weighted by molar-refractivity contribution is 6.00. The third kappa shape index (κ3) is 2.76. The molecule has 0 aliphatic carbocycles. The van der Waals surface area contributed by atoms with Gasteiger partial charge in [0.15, 0.2) is 35.4 Å². The van der Waals surface area contributed by atoms with Gasteiger partial charge < -0.3 is 36.7 Å². The van der Waals surface area contributed by atoms with Crippen LogP contribution in [0.25, 0.3) is 27.1 Å². The lowest BCUT2D eigenvalue weighted by atomic mass is 10.1. The Morgan fingerprint density at radius 2 is 1.73 bits per heavy atom. The Balaban J connectivity index is 0.00000196. The standard InChI is InChI=1S/C20H17NO4.BrH/c1-3-25-18-5-4-12-8-16-14-10-17(22)19(24-2)9-13(14)6-7-21(16)11-15(12)20(18)23;/h4-11,22H,3H2,1-2H3;1H. The number of hydrogen-bond donors (Lipinski definition) is 2. The second kappa shape index (κ2) is 6.88. The fraction of sp³-hybridized carbons (Fsp3) is 0.150. The van der Waals surface area contributed by atoms with Crippen LogP contribution >= 0.6 is 0 Å². The van der Waals surface area contributed by atoms with Gasteiger partial charge in [-0.15, -0.1) is 0 Å². The SMILES string of the molecule is CCOc1ccc2cc3c4cc(O)c(OC)cc4cc[n+]3cc2c1O.[Br-]. The average molecular weight is 416 g/mol. The number of phenols is 2. The highest BCUT2D eigenvalue weighted by atomic mass is 79.9. The van der Waals surface area contributed by atoms with Crippen LogP contribution in [0.5, 0.6) is 23.0 Å². The lowest BCUT2D eigenvalue weighted by molar-refractivity contribution is -0.509. The first-order chi connectivity index (χ1) is 12.1. The molecule has 4 rings (SSSR count). The van der Waals surface area contributed by atoms with Gasteiger partial charge in [0.2, 0.25) is 5.52 Å². The first-order valence-corrected chi connectivity index (χ1v) is 8.05. The summed E-state index contributed by atoms with van der Waals surface area (Å²) in [5.74, 6) is 1.14. The fourth-order valence-corrected chi connectivity index (χ4v) is 3.18. The van der Waals surface area contributed by atoms with Gasteiger partial charge in [-0.05, 0) is 42.0 Å². The molecule has 0 unspecified atom stereocenters. The number of aromatic nitrogens is 1. The van der Waals surface area contributed by atoms with E-state index < -0.39 is 0 Å². The number of fused-ring (bicyclic) bond motifs is 4. The molecular weight excluding hydrogens is 398 g/mol. The van der Waals surface area contributed by atoms with Crippen LogP contribution in [-0.2, 0) is 0 Å². The molecule has 0 saturated carbocycles. The van der Waals surface area contributed by atoms with Crippen molar-refractivity contribution >= 4 is 27.1 Å². The molecule has 4 aromatic rings. The van der Waals surface area contributed by atoms with Crippen molar-refractivity contribution in [2.24, 2.45) is 0 Å². The zero-order valence-corrected chi connectivity index (χ0v) is 15.9. The molecular formula is C20H18BrNO4. The smallest absolute Gasteiger partial charge is 0.219 e. The van der Waals surface area contributed by atoms with Crippen molar-refractivity contribution in [3.8, 4) is 23.0 Å². The number of benzene rings is 2. The van der Waals surface area contributed by atoms with Gasteiger partial charge in [0, 0.05) is 12.1 Å². The van der Waals surface area contributed by atoms with Gasteiger partial charge >= 0.3 is 0 Å². The van der Waals surface area contributed by atoms with E-state index in [2.05, 4.69) is 0 Å². The number of rotatable bonds is 3. The highest BCUT2D eigenvalue weighted by Gasteiger charge is 2.16. The summed E-state index contributed by atoms with van der Waals surface area (Å²) in [7, 11) is 1.53. The zero-order valence-electron chi connectivity index (χ0n) is 14.4. The van der Waals surface area contributed by atoms with Crippen molar-refractivity contribution in [3.63, 3.8) is 0 Å². The molecule has 0 aliphatic heterocycles. The molecule has 2 heterocycles. The molecule has 0 aliphatic rings. The van der Waals surface area contributed by atoms with Gasteiger partial charge in [0.05, 0.1) is 24.5 Å². The maximum absolute atomic E-state index is 10.5. The maximum atomic E-state index is 10.5. The van der Waals surface area contributed by atoms with E-state index in [9.17, 15) is 10.2 Å². The number of methoxy groups -OCH3 is 1. The van der Waals surface area contributed by atoms with E-state index in [0.29, 0.717) is 23.5 Å². The maximum Gasteiger partial charge on any atom is 0.219 e. The molecule has 0 spiro atoms. The third-order valence-electron chi connectivity index (χ3n) is 4.39. The fourth-order valence-electron chi connectivity index (χ4n) is 3.18. The Bertz CT molecular complexity index is 1130. The molecule has 6 heteroatoms. The lowest BCUT2D eigenvalue weighted by Gasteiger charge is -2.09. The lowest BCUT2D eigenvalue weighted by Crippen LogP contribution is -3.00. The predicted octanol–water partition coefficient (Wildman–Crippen LogP) is 0.554. The van der Waals surface area contributed by atoms with Crippen LogP contribution in [0.15, 0.2) is 48.8 Å². The van der Waals surface area contributed by atoms with Crippen molar-refractivity contribution in [2.75, 3.05) is 13.7 Å². The molecule has 26 heavy (non-hydrogen) atoms. The molecule has 2 aromatic carbocycles. The second-order valence-electron chi connectivity index (χ2n) is 5.84. The largest absolute Gasteiger partial charge is 1.00 e. The Kier molecular flexibility index (Phi) is 4.78. The van der Waals surface area contributed by atoms with Crippen molar-refractivity contribution in [3.05, 3.63) is 48.8 Å². The van der Waals surface area contributed by atoms with E-state index in [4.69, 9.17) is 9.47 Å². The van der Waals surface area contributed by atoms with Gasteiger partial charge in [0.1, 0.15) is 0 Å². The summed E-state index contributed by atoms with van der Waals surface area (Å²) in [5, 5.41) is 24.1. The summed E-state index contributed by atoms with van der Waals surface area (Å²) >= 11 is 0.